The summed E-state index contributed by atoms with van der Waals surface area (Å²) in [5, 5.41) is 10.5. The SMILES string of the molecule is Cc1n[nH]c(=S)n1N=Cc1ccccc1OC(F)F. The summed E-state index contributed by atoms with van der Waals surface area (Å²) in [5.41, 5.74) is 0.422. The molecule has 0 amide bonds. The first-order chi connectivity index (χ1) is 9.08. The van der Waals surface area contributed by atoms with E-state index in [1.807, 2.05) is 0 Å². The third-order valence-electron chi connectivity index (χ3n) is 2.26. The molecule has 1 N–H and O–H groups in total. The van der Waals surface area contributed by atoms with E-state index < -0.39 is 6.61 Å². The number of halogens is 2. The van der Waals surface area contributed by atoms with Crippen LogP contribution in [0.15, 0.2) is 29.4 Å². The second-order valence-corrected chi connectivity index (χ2v) is 3.94. The quantitative estimate of drug-likeness (QED) is 0.693. The number of ether oxygens (including phenoxy) is 1. The first-order valence-corrected chi connectivity index (χ1v) is 5.71. The molecule has 0 aliphatic carbocycles. The van der Waals surface area contributed by atoms with Crippen LogP contribution in [0.2, 0.25) is 0 Å². The number of alkyl halides is 2. The van der Waals surface area contributed by atoms with E-state index in [-0.39, 0.29) is 5.75 Å². The van der Waals surface area contributed by atoms with Crippen molar-refractivity contribution in [2.45, 2.75) is 13.5 Å². The predicted molar refractivity (Wildman–Crippen MR) is 68.2 cm³/mol. The van der Waals surface area contributed by atoms with Gasteiger partial charge in [-0.25, -0.2) is 0 Å². The molecule has 1 aromatic carbocycles. The third-order valence-corrected chi connectivity index (χ3v) is 2.52. The molecule has 0 spiro atoms. The Morgan fingerprint density at radius 3 is 2.84 bits per heavy atom. The Bertz CT molecular complexity index is 650. The minimum Gasteiger partial charge on any atom is -0.434 e. The van der Waals surface area contributed by atoms with E-state index in [1.54, 1.807) is 25.1 Å². The van der Waals surface area contributed by atoms with Gasteiger partial charge in [-0.3, -0.25) is 5.10 Å². The van der Waals surface area contributed by atoms with Crippen LogP contribution < -0.4 is 4.74 Å². The van der Waals surface area contributed by atoms with Gasteiger partial charge >= 0.3 is 6.61 Å². The number of para-hydroxylation sites is 1. The van der Waals surface area contributed by atoms with Crippen LogP contribution in [-0.4, -0.2) is 27.7 Å². The number of rotatable bonds is 4. The van der Waals surface area contributed by atoms with Crippen LogP contribution in [0.25, 0.3) is 0 Å². The van der Waals surface area contributed by atoms with Gasteiger partial charge in [-0.15, -0.1) is 0 Å². The Morgan fingerprint density at radius 2 is 2.21 bits per heavy atom. The highest BCUT2D eigenvalue weighted by molar-refractivity contribution is 7.71. The molecule has 8 heteroatoms. The van der Waals surface area contributed by atoms with Gasteiger partial charge in [0.1, 0.15) is 11.6 Å². The van der Waals surface area contributed by atoms with Crippen LogP contribution in [0.1, 0.15) is 11.4 Å². The van der Waals surface area contributed by atoms with Crippen molar-refractivity contribution in [1.82, 2.24) is 14.9 Å². The van der Waals surface area contributed by atoms with E-state index in [2.05, 4.69) is 20.0 Å². The molecule has 0 radical (unpaired) electrons. The highest BCUT2D eigenvalue weighted by Crippen LogP contribution is 2.18. The van der Waals surface area contributed by atoms with Crippen molar-refractivity contribution in [1.29, 1.82) is 0 Å². The summed E-state index contributed by atoms with van der Waals surface area (Å²) >= 11 is 4.97. The second kappa shape index (κ2) is 5.70. The van der Waals surface area contributed by atoms with Crippen molar-refractivity contribution in [3.8, 4) is 5.75 Å². The zero-order chi connectivity index (χ0) is 13.8. The number of nitrogens with one attached hydrogen (secondary N) is 1. The number of aromatic amines is 1. The largest absolute Gasteiger partial charge is 0.434 e. The lowest BCUT2D eigenvalue weighted by Crippen LogP contribution is -2.04. The Morgan fingerprint density at radius 1 is 1.47 bits per heavy atom. The van der Waals surface area contributed by atoms with Gasteiger partial charge in [0.25, 0.3) is 0 Å². The monoisotopic (exact) mass is 284 g/mol. The smallest absolute Gasteiger partial charge is 0.387 e. The van der Waals surface area contributed by atoms with E-state index in [1.165, 1.54) is 17.0 Å². The number of benzene rings is 1. The zero-order valence-electron chi connectivity index (χ0n) is 9.88. The molecule has 0 saturated carbocycles. The lowest BCUT2D eigenvalue weighted by atomic mass is 10.2. The highest BCUT2D eigenvalue weighted by atomic mass is 32.1. The number of aryl methyl sites for hydroxylation is 1. The third kappa shape index (κ3) is 3.22. The van der Waals surface area contributed by atoms with Crippen LogP contribution in [0.5, 0.6) is 5.75 Å². The van der Waals surface area contributed by atoms with Crippen molar-refractivity contribution in [2.75, 3.05) is 0 Å². The van der Waals surface area contributed by atoms with Crippen molar-refractivity contribution >= 4 is 18.4 Å². The maximum absolute atomic E-state index is 12.2. The molecule has 0 fully saturated rings. The number of nitrogens with zero attached hydrogens (tertiary/aromatic N) is 3. The molecule has 0 saturated heterocycles. The number of hydrogen-bond acceptors (Lipinski definition) is 4. The van der Waals surface area contributed by atoms with E-state index in [0.29, 0.717) is 16.2 Å². The highest BCUT2D eigenvalue weighted by Gasteiger charge is 2.07. The summed E-state index contributed by atoms with van der Waals surface area (Å²) in [5.74, 6) is 0.613. The number of hydrogen-bond donors (Lipinski definition) is 1. The average Bonchev–Trinajstić information content (AvgIpc) is 2.68. The molecule has 5 nitrogen and oxygen atoms in total. The molecule has 0 bridgehead atoms. The topological polar surface area (TPSA) is 55.2 Å². The molecular formula is C11H10F2N4OS. The van der Waals surface area contributed by atoms with Crippen LogP contribution >= 0.6 is 12.2 Å². The first-order valence-electron chi connectivity index (χ1n) is 5.30. The minimum atomic E-state index is -2.88. The summed E-state index contributed by atoms with van der Waals surface area (Å²) in [6, 6.07) is 6.35. The summed E-state index contributed by atoms with van der Waals surface area (Å²) < 4.78 is 30.6. The fraction of sp³-hybridized carbons (Fsp3) is 0.182. The van der Waals surface area contributed by atoms with E-state index in [4.69, 9.17) is 12.2 Å². The maximum Gasteiger partial charge on any atom is 0.387 e. The Labute approximate surface area is 112 Å². The number of H-pyrrole nitrogens is 1. The van der Waals surface area contributed by atoms with Crippen molar-refractivity contribution < 1.29 is 13.5 Å². The van der Waals surface area contributed by atoms with Crippen LogP contribution in [0, 0.1) is 11.7 Å². The van der Waals surface area contributed by atoms with E-state index in [9.17, 15) is 8.78 Å². The van der Waals surface area contributed by atoms with Gasteiger partial charge in [0.2, 0.25) is 4.77 Å². The summed E-state index contributed by atoms with van der Waals surface area (Å²) in [6.45, 7) is -1.17. The molecule has 2 rings (SSSR count). The van der Waals surface area contributed by atoms with Crippen LogP contribution in [0.4, 0.5) is 8.78 Å². The lowest BCUT2D eigenvalue weighted by molar-refractivity contribution is -0.0499. The van der Waals surface area contributed by atoms with E-state index >= 15 is 0 Å². The minimum absolute atomic E-state index is 0.0499. The fourth-order valence-corrected chi connectivity index (χ4v) is 1.64. The molecule has 1 aromatic heterocycles. The lowest BCUT2D eigenvalue weighted by Gasteiger charge is -2.06. The van der Waals surface area contributed by atoms with Gasteiger partial charge in [0.05, 0.1) is 6.21 Å². The van der Waals surface area contributed by atoms with Gasteiger partial charge < -0.3 is 4.74 Å². The van der Waals surface area contributed by atoms with Crippen LogP contribution in [0.3, 0.4) is 0 Å². The van der Waals surface area contributed by atoms with Crippen molar-refractivity contribution in [3.63, 3.8) is 0 Å². The van der Waals surface area contributed by atoms with Gasteiger partial charge in [-0.1, -0.05) is 12.1 Å². The number of aromatic nitrogens is 3. The molecule has 0 aliphatic rings. The summed E-state index contributed by atoms with van der Waals surface area (Å²) in [7, 11) is 0. The molecule has 0 aliphatic heterocycles. The molecular weight excluding hydrogens is 274 g/mol. The Balaban J connectivity index is 2.31. The molecule has 2 aromatic rings. The molecule has 0 atom stereocenters. The summed E-state index contributed by atoms with van der Waals surface area (Å²) in [4.78, 5) is 0. The first kappa shape index (κ1) is 13.3. The maximum atomic E-state index is 12.2. The van der Waals surface area contributed by atoms with Crippen LogP contribution in [-0.2, 0) is 0 Å². The van der Waals surface area contributed by atoms with Gasteiger partial charge in [-0.2, -0.15) is 23.7 Å². The van der Waals surface area contributed by atoms with Gasteiger partial charge in [0, 0.05) is 5.56 Å². The van der Waals surface area contributed by atoms with Crippen molar-refractivity contribution in [2.24, 2.45) is 5.10 Å². The Kier molecular flexibility index (Phi) is 4.00. The standard InChI is InChI=1S/C11H10F2N4OS/c1-7-15-16-11(19)17(7)14-6-8-4-2-3-5-9(8)18-10(12)13/h2-6,10H,1H3,(H,16,19). The van der Waals surface area contributed by atoms with Gasteiger partial charge in [0.15, 0.2) is 0 Å². The molecule has 100 valence electrons. The fourth-order valence-electron chi connectivity index (χ4n) is 1.42. The zero-order valence-corrected chi connectivity index (χ0v) is 10.7. The average molecular weight is 284 g/mol. The normalized spacial score (nSPS) is 11.4. The van der Waals surface area contributed by atoms with E-state index in [0.717, 1.165) is 0 Å². The molecule has 0 unspecified atom stereocenters. The van der Waals surface area contributed by atoms with Crippen molar-refractivity contribution in [3.05, 3.63) is 40.4 Å². The summed E-state index contributed by atoms with van der Waals surface area (Å²) in [6.07, 6.45) is 1.38. The predicted octanol–water partition coefficient (Wildman–Crippen LogP) is 2.73. The van der Waals surface area contributed by atoms with Gasteiger partial charge in [-0.05, 0) is 31.3 Å². The molecule has 19 heavy (non-hydrogen) atoms. The molecule has 1 heterocycles. The Hall–Kier alpha value is -2.09. The second-order valence-electron chi connectivity index (χ2n) is 3.55.